The number of primary amides is 1. The molecule has 2 heterocycles. The van der Waals surface area contributed by atoms with Crippen LogP contribution in [0.3, 0.4) is 0 Å². The fourth-order valence-electron chi connectivity index (χ4n) is 4.54. The topological polar surface area (TPSA) is 159 Å². The second kappa shape index (κ2) is 12.8. The van der Waals surface area contributed by atoms with Crippen LogP contribution in [0.5, 0.6) is 11.5 Å². The van der Waals surface area contributed by atoms with Crippen molar-refractivity contribution in [1.29, 1.82) is 0 Å². The Morgan fingerprint density at radius 3 is 2.58 bits per heavy atom. The first-order valence-electron chi connectivity index (χ1n) is 12.9. The van der Waals surface area contributed by atoms with Crippen LogP contribution in [0.2, 0.25) is 0 Å². The van der Waals surface area contributed by atoms with E-state index >= 15 is 0 Å². The SMILES string of the molecule is CCOc1ccc([C@@H](C(=O)NC[C@@H]2CCCO2)N(C(=O)c2snc(C(N)=O)c2N)c2cc(C)ccc2OC)cc1. The molecular formula is C28H33N5O6S. The number of aryl methyl sites for hydroxylation is 1. The number of ether oxygens (including phenoxy) is 3. The summed E-state index contributed by atoms with van der Waals surface area (Å²) in [5.74, 6) is -0.953. The minimum atomic E-state index is -1.15. The third-order valence-electron chi connectivity index (χ3n) is 6.51. The molecule has 0 spiro atoms. The molecular weight excluding hydrogens is 534 g/mol. The zero-order valence-electron chi connectivity index (χ0n) is 22.6. The minimum absolute atomic E-state index is 0.0276. The zero-order valence-corrected chi connectivity index (χ0v) is 23.5. The van der Waals surface area contributed by atoms with Crippen molar-refractivity contribution in [3.05, 3.63) is 64.2 Å². The van der Waals surface area contributed by atoms with Crippen molar-refractivity contribution in [2.45, 2.75) is 38.8 Å². The molecule has 3 amide bonds. The average Bonchev–Trinajstić information content (AvgIpc) is 3.60. The highest BCUT2D eigenvalue weighted by atomic mass is 32.1. The van der Waals surface area contributed by atoms with Gasteiger partial charge in [-0.15, -0.1) is 0 Å². The molecule has 1 saturated heterocycles. The van der Waals surface area contributed by atoms with Crippen LogP contribution in [-0.2, 0) is 9.53 Å². The number of hydrogen-bond acceptors (Lipinski definition) is 9. The monoisotopic (exact) mass is 567 g/mol. The quantitative estimate of drug-likeness (QED) is 0.318. The molecule has 1 aromatic heterocycles. The van der Waals surface area contributed by atoms with E-state index in [4.69, 9.17) is 25.7 Å². The van der Waals surface area contributed by atoms with E-state index in [2.05, 4.69) is 9.69 Å². The number of carbonyl (C=O) groups is 3. The van der Waals surface area contributed by atoms with E-state index in [9.17, 15) is 14.4 Å². The Morgan fingerprint density at radius 2 is 1.98 bits per heavy atom. The van der Waals surface area contributed by atoms with Gasteiger partial charge in [-0.3, -0.25) is 19.3 Å². The van der Waals surface area contributed by atoms with Crippen molar-refractivity contribution in [2.24, 2.45) is 5.73 Å². The Labute approximate surface area is 236 Å². The maximum atomic E-state index is 14.3. The van der Waals surface area contributed by atoms with Gasteiger partial charge in [0.2, 0.25) is 5.91 Å². The largest absolute Gasteiger partial charge is 0.495 e. The lowest BCUT2D eigenvalue weighted by atomic mass is 10.0. The van der Waals surface area contributed by atoms with Gasteiger partial charge in [-0.1, -0.05) is 18.2 Å². The van der Waals surface area contributed by atoms with E-state index in [1.165, 1.54) is 12.0 Å². The molecule has 12 heteroatoms. The summed E-state index contributed by atoms with van der Waals surface area (Å²) >= 11 is 0.741. The number of hydrogen-bond donors (Lipinski definition) is 3. The Kier molecular flexibility index (Phi) is 9.22. The summed E-state index contributed by atoms with van der Waals surface area (Å²) in [7, 11) is 1.48. The van der Waals surface area contributed by atoms with E-state index in [0.717, 1.165) is 29.9 Å². The molecule has 0 saturated carbocycles. The standard InChI is InChI=1S/C28H33N5O6S/c1-4-38-18-10-8-17(9-11-18)24(27(35)31-15-19-6-5-13-39-19)33(20-14-16(2)7-12-21(20)37-3)28(36)25-22(29)23(26(30)34)32-40-25/h7-12,14,19,24H,4-6,13,15,29H2,1-3H3,(H2,30,34)(H,31,35)/t19-,24-/m0/s1. The van der Waals surface area contributed by atoms with Gasteiger partial charge < -0.3 is 31.0 Å². The second-order valence-electron chi connectivity index (χ2n) is 9.27. The molecule has 1 fully saturated rings. The maximum Gasteiger partial charge on any atom is 0.273 e. The van der Waals surface area contributed by atoms with Crippen molar-refractivity contribution in [3.63, 3.8) is 0 Å². The van der Waals surface area contributed by atoms with Gasteiger partial charge in [0.1, 0.15) is 22.4 Å². The molecule has 11 nitrogen and oxygen atoms in total. The van der Waals surface area contributed by atoms with E-state index in [-0.39, 0.29) is 28.9 Å². The number of nitrogens with one attached hydrogen (secondary N) is 1. The Bertz CT molecular complexity index is 1370. The lowest BCUT2D eigenvalue weighted by Gasteiger charge is -2.32. The molecule has 0 bridgehead atoms. The number of aromatic nitrogens is 1. The highest BCUT2D eigenvalue weighted by molar-refractivity contribution is 7.09. The highest BCUT2D eigenvalue weighted by Gasteiger charge is 2.38. The van der Waals surface area contributed by atoms with Gasteiger partial charge in [0, 0.05) is 13.2 Å². The molecule has 1 aliphatic rings. The molecule has 4 rings (SSSR count). The molecule has 2 atom stereocenters. The summed E-state index contributed by atoms with van der Waals surface area (Å²) in [4.78, 5) is 41.5. The summed E-state index contributed by atoms with van der Waals surface area (Å²) in [6.45, 7) is 5.14. The summed E-state index contributed by atoms with van der Waals surface area (Å²) in [5, 5.41) is 2.96. The first-order valence-corrected chi connectivity index (χ1v) is 13.7. The molecule has 0 radical (unpaired) electrons. The van der Waals surface area contributed by atoms with Crippen LogP contribution in [-0.4, -0.2) is 55.1 Å². The van der Waals surface area contributed by atoms with Crippen molar-refractivity contribution in [3.8, 4) is 11.5 Å². The third-order valence-corrected chi connectivity index (χ3v) is 7.36. The van der Waals surface area contributed by atoms with E-state index < -0.39 is 23.8 Å². The maximum absolute atomic E-state index is 14.3. The number of carbonyl (C=O) groups excluding carboxylic acids is 3. The Morgan fingerprint density at radius 1 is 1.23 bits per heavy atom. The number of methoxy groups -OCH3 is 1. The lowest BCUT2D eigenvalue weighted by molar-refractivity contribution is -0.123. The summed E-state index contributed by atoms with van der Waals surface area (Å²) in [6, 6.07) is 11.1. The lowest BCUT2D eigenvalue weighted by Crippen LogP contribution is -2.45. The molecule has 0 unspecified atom stereocenters. The van der Waals surface area contributed by atoms with Gasteiger partial charge >= 0.3 is 0 Å². The van der Waals surface area contributed by atoms with Crippen molar-refractivity contribution >= 4 is 40.6 Å². The molecule has 212 valence electrons. The number of anilines is 2. The van der Waals surface area contributed by atoms with Crippen molar-refractivity contribution in [2.75, 3.05) is 37.5 Å². The minimum Gasteiger partial charge on any atom is -0.495 e. The number of amides is 3. The number of nitrogen functional groups attached to an aromatic ring is 1. The van der Waals surface area contributed by atoms with Crippen LogP contribution in [0.4, 0.5) is 11.4 Å². The van der Waals surface area contributed by atoms with Gasteiger partial charge in [0.25, 0.3) is 11.8 Å². The van der Waals surface area contributed by atoms with Gasteiger partial charge in [-0.05, 0) is 73.6 Å². The zero-order chi connectivity index (χ0) is 28.8. The van der Waals surface area contributed by atoms with E-state index in [0.29, 0.717) is 36.0 Å². The second-order valence-corrected chi connectivity index (χ2v) is 10.0. The smallest absolute Gasteiger partial charge is 0.273 e. The van der Waals surface area contributed by atoms with Crippen LogP contribution in [0.25, 0.3) is 0 Å². The van der Waals surface area contributed by atoms with E-state index in [1.807, 2.05) is 19.9 Å². The average molecular weight is 568 g/mol. The molecule has 0 aliphatic carbocycles. The number of nitrogens with zero attached hydrogens (tertiary/aromatic N) is 2. The fourth-order valence-corrected chi connectivity index (χ4v) is 5.28. The van der Waals surface area contributed by atoms with Crippen LogP contribution in [0.1, 0.15) is 57.1 Å². The summed E-state index contributed by atoms with van der Waals surface area (Å²) in [6.07, 6.45) is 1.63. The number of benzene rings is 2. The van der Waals surface area contributed by atoms with Crippen molar-refractivity contribution < 1.29 is 28.6 Å². The van der Waals surface area contributed by atoms with Crippen LogP contribution >= 0.6 is 11.5 Å². The van der Waals surface area contributed by atoms with Crippen LogP contribution in [0.15, 0.2) is 42.5 Å². The third kappa shape index (κ3) is 6.18. The van der Waals surface area contributed by atoms with Crippen molar-refractivity contribution in [1.82, 2.24) is 9.69 Å². The molecule has 3 aromatic rings. The van der Waals surface area contributed by atoms with Crippen LogP contribution in [0, 0.1) is 6.92 Å². The first-order chi connectivity index (χ1) is 19.2. The summed E-state index contributed by atoms with van der Waals surface area (Å²) in [5.41, 5.74) is 12.9. The molecule has 2 aromatic carbocycles. The first kappa shape index (κ1) is 28.8. The predicted octanol–water partition coefficient (Wildman–Crippen LogP) is 3.22. The molecule has 40 heavy (non-hydrogen) atoms. The predicted molar refractivity (Wildman–Crippen MR) is 152 cm³/mol. The van der Waals surface area contributed by atoms with Gasteiger partial charge in [0.15, 0.2) is 5.69 Å². The fraction of sp³-hybridized carbons (Fsp3) is 0.357. The van der Waals surface area contributed by atoms with E-state index in [1.54, 1.807) is 36.4 Å². The van der Waals surface area contributed by atoms with Gasteiger partial charge in [0.05, 0.1) is 31.2 Å². The Hall–Kier alpha value is -4.16. The van der Waals surface area contributed by atoms with Crippen LogP contribution < -0.4 is 31.2 Å². The van der Waals surface area contributed by atoms with Gasteiger partial charge in [-0.25, -0.2) is 0 Å². The molecule has 5 N–H and O–H groups in total. The number of nitrogens with two attached hydrogens (primary N) is 2. The molecule has 1 aliphatic heterocycles. The number of rotatable bonds is 11. The normalized spacial score (nSPS) is 15.3. The summed E-state index contributed by atoms with van der Waals surface area (Å²) < 4.78 is 20.9. The highest BCUT2D eigenvalue weighted by Crippen LogP contribution is 2.39. The Balaban J connectivity index is 1.87. The van der Waals surface area contributed by atoms with Gasteiger partial charge in [-0.2, -0.15) is 4.37 Å².